The van der Waals surface area contributed by atoms with Crippen molar-refractivity contribution >= 4 is 0 Å². The van der Waals surface area contributed by atoms with E-state index in [0.717, 1.165) is 11.8 Å². The third kappa shape index (κ3) is 2.87. The first-order valence-corrected chi connectivity index (χ1v) is 6.86. The molecule has 0 aliphatic heterocycles. The summed E-state index contributed by atoms with van der Waals surface area (Å²) in [6, 6.07) is 9.18. The van der Waals surface area contributed by atoms with Crippen LogP contribution in [-0.2, 0) is 0 Å². The van der Waals surface area contributed by atoms with Gasteiger partial charge < -0.3 is 0 Å². The highest BCUT2D eigenvalue weighted by molar-refractivity contribution is 5.24. The van der Waals surface area contributed by atoms with Crippen LogP contribution in [0.5, 0.6) is 0 Å². The van der Waals surface area contributed by atoms with E-state index < -0.39 is 0 Å². The molecular weight excluding hydrogens is 192 g/mol. The SMILES string of the molecule is CCC[C@H]1CC[C@H](c2ccc(C)cc2)CC1. The summed E-state index contributed by atoms with van der Waals surface area (Å²) in [5.41, 5.74) is 2.95. The van der Waals surface area contributed by atoms with Crippen molar-refractivity contribution in [2.24, 2.45) is 5.92 Å². The normalized spacial score (nSPS) is 25.6. The summed E-state index contributed by atoms with van der Waals surface area (Å²) in [7, 11) is 0. The highest BCUT2D eigenvalue weighted by atomic mass is 14.3. The molecule has 2 rings (SSSR count). The Hall–Kier alpha value is -0.780. The predicted molar refractivity (Wildman–Crippen MR) is 70.8 cm³/mol. The fourth-order valence-corrected chi connectivity index (χ4v) is 3.03. The van der Waals surface area contributed by atoms with Crippen molar-refractivity contribution in [3.63, 3.8) is 0 Å². The molecule has 0 aromatic heterocycles. The molecule has 0 atom stereocenters. The van der Waals surface area contributed by atoms with Crippen LogP contribution < -0.4 is 0 Å². The molecule has 1 aromatic rings. The van der Waals surface area contributed by atoms with Crippen molar-refractivity contribution in [3.05, 3.63) is 35.4 Å². The zero-order valence-corrected chi connectivity index (χ0v) is 10.7. The van der Waals surface area contributed by atoms with E-state index in [0.29, 0.717) is 0 Å². The molecule has 0 heteroatoms. The lowest BCUT2D eigenvalue weighted by atomic mass is 9.77. The summed E-state index contributed by atoms with van der Waals surface area (Å²) >= 11 is 0. The van der Waals surface area contributed by atoms with Crippen LogP contribution in [0.25, 0.3) is 0 Å². The van der Waals surface area contributed by atoms with Gasteiger partial charge in [0.2, 0.25) is 0 Å². The Morgan fingerprint density at radius 2 is 1.62 bits per heavy atom. The van der Waals surface area contributed by atoms with Crippen molar-refractivity contribution in [1.29, 1.82) is 0 Å². The highest BCUT2D eigenvalue weighted by Gasteiger charge is 2.21. The Kier molecular flexibility index (Phi) is 4.04. The monoisotopic (exact) mass is 216 g/mol. The second-order valence-corrected chi connectivity index (χ2v) is 5.42. The summed E-state index contributed by atoms with van der Waals surface area (Å²) in [6.07, 6.45) is 8.53. The van der Waals surface area contributed by atoms with Gasteiger partial charge in [-0.05, 0) is 50.0 Å². The first kappa shape index (κ1) is 11.7. The molecule has 0 heterocycles. The van der Waals surface area contributed by atoms with E-state index in [1.54, 1.807) is 5.56 Å². The first-order valence-electron chi connectivity index (χ1n) is 6.86. The van der Waals surface area contributed by atoms with Gasteiger partial charge in [-0.25, -0.2) is 0 Å². The number of hydrogen-bond donors (Lipinski definition) is 0. The number of benzene rings is 1. The van der Waals surface area contributed by atoms with Crippen molar-refractivity contribution in [2.45, 2.75) is 58.3 Å². The van der Waals surface area contributed by atoms with Crippen molar-refractivity contribution in [3.8, 4) is 0 Å². The number of rotatable bonds is 3. The number of hydrogen-bond acceptors (Lipinski definition) is 0. The van der Waals surface area contributed by atoms with Crippen molar-refractivity contribution < 1.29 is 0 Å². The third-order valence-electron chi connectivity index (χ3n) is 4.09. The van der Waals surface area contributed by atoms with Crippen LogP contribution in [0, 0.1) is 12.8 Å². The Morgan fingerprint density at radius 1 is 1.00 bits per heavy atom. The van der Waals surface area contributed by atoms with Gasteiger partial charge >= 0.3 is 0 Å². The molecule has 1 fully saturated rings. The first-order chi connectivity index (χ1) is 7.79. The van der Waals surface area contributed by atoms with Crippen molar-refractivity contribution in [1.82, 2.24) is 0 Å². The molecule has 0 unspecified atom stereocenters. The second kappa shape index (κ2) is 5.52. The molecule has 0 bridgehead atoms. The lowest BCUT2D eigenvalue weighted by Gasteiger charge is -2.28. The topological polar surface area (TPSA) is 0 Å². The lowest BCUT2D eigenvalue weighted by molar-refractivity contribution is 0.308. The molecule has 1 saturated carbocycles. The van der Waals surface area contributed by atoms with E-state index in [1.165, 1.54) is 44.1 Å². The minimum Gasteiger partial charge on any atom is -0.0654 e. The molecule has 0 amide bonds. The van der Waals surface area contributed by atoms with E-state index in [1.807, 2.05) is 0 Å². The van der Waals surface area contributed by atoms with Gasteiger partial charge in [0, 0.05) is 0 Å². The van der Waals surface area contributed by atoms with Gasteiger partial charge in [0.1, 0.15) is 0 Å². The Labute approximate surface area is 100 Å². The van der Waals surface area contributed by atoms with Crippen LogP contribution in [0.2, 0.25) is 0 Å². The van der Waals surface area contributed by atoms with E-state index in [4.69, 9.17) is 0 Å². The molecular formula is C16H24. The molecule has 0 saturated heterocycles. The molecule has 1 aliphatic rings. The maximum atomic E-state index is 2.33. The van der Waals surface area contributed by atoms with Crippen LogP contribution in [0.15, 0.2) is 24.3 Å². The van der Waals surface area contributed by atoms with Gasteiger partial charge in [0.15, 0.2) is 0 Å². The fourth-order valence-electron chi connectivity index (χ4n) is 3.03. The van der Waals surface area contributed by atoms with Crippen LogP contribution in [0.1, 0.15) is 62.5 Å². The third-order valence-corrected chi connectivity index (χ3v) is 4.09. The van der Waals surface area contributed by atoms with Gasteiger partial charge in [-0.15, -0.1) is 0 Å². The Balaban J connectivity index is 1.91. The summed E-state index contributed by atoms with van der Waals surface area (Å²) in [5.74, 6) is 1.86. The molecule has 1 aliphatic carbocycles. The summed E-state index contributed by atoms with van der Waals surface area (Å²) in [6.45, 7) is 4.48. The Morgan fingerprint density at radius 3 is 2.19 bits per heavy atom. The molecule has 0 spiro atoms. The zero-order valence-electron chi connectivity index (χ0n) is 10.7. The van der Waals surface area contributed by atoms with Crippen LogP contribution in [0.3, 0.4) is 0 Å². The van der Waals surface area contributed by atoms with E-state index in [2.05, 4.69) is 38.1 Å². The fraction of sp³-hybridized carbons (Fsp3) is 0.625. The van der Waals surface area contributed by atoms with Crippen LogP contribution >= 0.6 is 0 Å². The minimum atomic E-state index is 0.841. The van der Waals surface area contributed by atoms with Crippen molar-refractivity contribution in [2.75, 3.05) is 0 Å². The molecule has 88 valence electrons. The van der Waals surface area contributed by atoms with Gasteiger partial charge in [-0.3, -0.25) is 0 Å². The zero-order chi connectivity index (χ0) is 11.4. The average Bonchev–Trinajstić information content (AvgIpc) is 2.32. The van der Waals surface area contributed by atoms with Gasteiger partial charge in [-0.1, -0.05) is 49.6 Å². The molecule has 1 aromatic carbocycles. The minimum absolute atomic E-state index is 0.841. The second-order valence-electron chi connectivity index (χ2n) is 5.42. The smallest absolute Gasteiger partial charge is 0.0162 e. The summed E-state index contributed by atoms with van der Waals surface area (Å²) in [5, 5.41) is 0. The number of aryl methyl sites for hydroxylation is 1. The molecule has 0 nitrogen and oxygen atoms in total. The molecule has 0 N–H and O–H groups in total. The lowest BCUT2D eigenvalue weighted by Crippen LogP contribution is -2.13. The Bertz CT molecular complexity index is 301. The standard InChI is InChI=1S/C16H24/c1-3-4-14-7-11-16(12-8-14)15-9-5-13(2)6-10-15/h5-6,9-10,14,16H,3-4,7-8,11-12H2,1-2H3/t14-,16-. The molecule has 0 radical (unpaired) electrons. The van der Waals surface area contributed by atoms with E-state index in [9.17, 15) is 0 Å². The average molecular weight is 216 g/mol. The summed E-state index contributed by atoms with van der Waals surface area (Å²) < 4.78 is 0. The maximum absolute atomic E-state index is 2.33. The summed E-state index contributed by atoms with van der Waals surface area (Å²) in [4.78, 5) is 0. The predicted octanol–water partition coefficient (Wildman–Crippen LogP) is 5.07. The van der Waals surface area contributed by atoms with Crippen LogP contribution in [-0.4, -0.2) is 0 Å². The van der Waals surface area contributed by atoms with Gasteiger partial charge in [0.05, 0.1) is 0 Å². The maximum Gasteiger partial charge on any atom is -0.0162 e. The van der Waals surface area contributed by atoms with Gasteiger partial charge in [-0.2, -0.15) is 0 Å². The molecule has 16 heavy (non-hydrogen) atoms. The largest absolute Gasteiger partial charge is 0.0654 e. The van der Waals surface area contributed by atoms with E-state index in [-0.39, 0.29) is 0 Å². The highest BCUT2D eigenvalue weighted by Crippen LogP contribution is 2.37. The van der Waals surface area contributed by atoms with Gasteiger partial charge in [0.25, 0.3) is 0 Å². The van der Waals surface area contributed by atoms with E-state index >= 15 is 0 Å². The quantitative estimate of drug-likeness (QED) is 0.662. The van der Waals surface area contributed by atoms with Crippen LogP contribution in [0.4, 0.5) is 0 Å².